The molecule has 2 aliphatic heterocycles. The minimum Gasteiger partial charge on any atom is -0.294 e. The summed E-state index contributed by atoms with van der Waals surface area (Å²) in [7, 11) is 0. The Kier molecular flexibility index (Phi) is 1.69. The third-order valence-corrected chi connectivity index (χ3v) is 3.77. The highest BCUT2D eigenvalue weighted by molar-refractivity contribution is 7.97. The van der Waals surface area contributed by atoms with E-state index in [0.717, 1.165) is 10.5 Å². The molecule has 1 spiro atoms. The largest absolute Gasteiger partial charge is 0.294 e. The second kappa shape index (κ2) is 2.84. The van der Waals surface area contributed by atoms with Gasteiger partial charge in [-0.15, -0.1) is 0 Å². The van der Waals surface area contributed by atoms with Crippen LogP contribution < -0.4 is 10.0 Å². The minimum absolute atomic E-state index is 0.190. The number of carbonyl (C=O) groups is 2. The summed E-state index contributed by atoms with van der Waals surface area (Å²) in [6.07, 6.45) is 0.190. The average Bonchev–Trinajstić information content (AvgIpc) is 2.72. The predicted octanol–water partition coefficient (Wildman–Crippen LogP) is 0.539. The van der Waals surface area contributed by atoms with E-state index in [0.29, 0.717) is 0 Å². The lowest BCUT2D eigenvalue weighted by atomic mass is 9.89. The van der Waals surface area contributed by atoms with Crippen molar-refractivity contribution in [3.05, 3.63) is 29.8 Å². The van der Waals surface area contributed by atoms with E-state index in [-0.39, 0.29) is 18.2 Å². The van der Waals surface area contributed by atoms with Crippen LogP contribution in [0.4, 0.5) is 0 Å². The summed E-state index contributed by atoms with van der Waals surface area (Å²) in [4.78, 5) is 24.0. The van der Waals surface area contributed by atoms with Crippen molar-refractivity contribution in [2.45, 2.75) is 16.9 Å². The summed E-state index contributed by atoms with van der Waals surface area (Å²) in [5, 5.41) is 2.34. The fourth-order valence-electron chi connectivity index (χ4n) is 2.00. The lowest BCUT2D eigenvalue weighted by Crippen LogP contribution is -2.42. The lowest BCUT2D eigenvalue weighted by Gasteiger charge is -2.18. The highest BCUT2D eigenvalue weighted by Crippen LogP contribution is 2.43. The highest BCUT2D eigenvalue weighted by atomic mass is 32.2. The Labute approximate surface area is 90.6 Å². The van der Waals surface area contributed by atoms with Crippen LogP contribution in [-0.2, 0) is 15.1 Å². The van der Waals surface area contributed by atoms with E-state index in [1.165, 1.54) is 11.9 Å². The van der Waals surface area contributed by atoms with E-state index in [9.17, 15) is 9.59 Å². The van der Waals surface area contributed by atoms with Crippen molar-refractivity contribution in [2.75, 3.05) is 0 Å². The van der Waals surface area contributed by atoms with Gasteiger partial charge in [-0.3, -0.25) is 14.9 Å². The first-order chi connectivity index (χ1) is 7.22. The van der Waals surface area contributed by atoms with Crippen LogP contribution in [0.15, 0.2) is 29.2 Å². The molecule has 1 fully saturated rings. The Morgan fingerprint density at radius 2 is 2.07 bits per heavy atom. The topological polar surface area (TPSA) is 58.2 Å². The van der Waals surface area contributed by atoms with Crippen LogP contribution in [0, 0.1) is 0 Å². The number of hydrogen-bond acceptors (Lipinski definition) is 4. The van der Waals surface area contributed by atoms with Crippen LogP contribution in [-0.4, -0.2) is 11.8 Å². The van der Waals surface area contributed by atoms with Gasteiger partial charge in [0.1, 0.15) is 5.54 Å². The minimum atomic E-state index is -0.835. The number of nitrogens with one attached hydrogen (secondary N) is 2. The molecule has 1 unspecified atom stereocenters. The molecule has 2 heterocycles. The van der Waals surface area contributed by atoms with Crippen LogP contribution in [0.3, 0.4) is 0 Å². The zero-order valence-corrected chi connectivity index (χ0v) is 8.56. The molecule has 0 aromatic heterocycles. The first-order valence-corrected chi connectivity index (χ1v) is 5.42. The molecule has 1 atom stereocenters. The SMILES string of the molecule is O=C1CC2(NSc3ccccc32)C(=O)N1. The van der Waals surface area contributed by atoms with Crippen molar-refractivity contribution in [3.8, 4) is 0 Å². The molecule has 15 heavy (non-hydrogen) atoms. The van der Waals surface area contributed by atoms with Gasteiger partial charge in [-0.1, -0.05) is 18.2 Å². The summed E-state index contributed by atoms with van der Waals surface area (Å²) in [5.41, 5.74) is 0.0663. The second-order valence-corrected chi connectivity index (χ2v) is 4.51. The number of benzene rings is 1. The van der Waals surface area contributed by atoms with E-state index in [2.05, 4.69) is 10.0 Å². The molecule has 0 saturated carbocycles. The van der Waals surface area contributed by atoms with Crippen LogP contribution in [0.2, 0.25) is 0 Å². The summed E-state index contributed by atoms with van der Waals surface area (Å²) in [5.74, 6) is -0.463. The first-order valence-electron chi connectivity index (χ1n) is 4.60. The second-order valence-electron chi connectivity index (χ2n) is 3.66. The zero-order chi connectivity index (χ0) is 10.5. The van der Waals surface area contributed by atoms with Crippen molar-refractivity contribution in [3.63, 3.8) is 0 Å². The molecule has 1 saturated heterocycles. The quantitative estimate of drug-likeness (QED) is 0.495. The maximum absolute atomic E-state index is 11.8. The lowest BCUT2D eigenvalue weighted by molar-refractivity contribution is -0.126. The van der Waals surface area contributed by atoms with E-state index in [1.54, 1.807) is 0 Å². The zero-order valence-electron chi connectivity index (χ0n) is 7.74. The van der Waals surface area contributed by atoms with Gasteiger partial charge in [-0.25, -0.2) is 4.72 Å². The highest BCUT2D eigenvalue weighted by Gasteiger charge is 2.52. The Morgan fingerprint density at radius 3 is 2.80 bits per heavy atom. The van der Waals surface area contributed by atoms with Gasteiger partial charge in [-0.2, -0.15) is 0 Å². The molecule has 4 nitrogen and oxygen atoms in total. The molecule has 1 aromatic carbocycles. The van der Waals surface area contributed by atoms with E-state index >= 15 is 0 Å². The molecule has 2 N–H and O–H groups in total. The molecule has 0 radical (unpaired) electrons. The van der Waals surface area contributed by atoms with Crippen molar-refractivity contribution < 1.29 is 9.59 Å². The molecule has 2 aliphatic rings. The Morgan fingerprint density at radius 1 is 1.27 bits per heavy atom. The van der Waals surface area contributed by atoms with Crippen molar-refractivity contribution >= 4 is 23.8 Å². The van der Waals surface area contributed by atoms with Gasteiger partial charge in [0.15, 0.2) is 0 Å². The predicted molar refractivity (Wildman–Crippen MR) is 54.9 cm³/mol. The number of hydrogen-bond donors (Lipinski definition) is 2. The van der Waals surface area contributed by atoms with Crippen LogP contribution in [0.1, 0.15) is 12.0 Å². The van der Waals surface area contributed by atoms with E-state index < -0.39 is 5.54 Å². The number of rotatable bonds is 0. The Hall–Kier alpha value is -1.33. The molecule has 3 rings (SSSR count). The summed E-state index contributed by atoms with van der Waals surface area (Å²) >= 11 is 1.41. The molecular formula is C10H8N2O2S. The number of amides is 2. The van der Waals surface area contributed by atoms with Crippen LogP contribution >= 0.6 is 11.9 Å². The van der Waals surface area contributed by atoms with Gasteiger partial charge in [0, 0.05) is 4.90 Å². The van der Waals surface area contributed by atoms with Gasteiger partial charge in [0.2, 0.25) is 5.91 Å². The Balaban J connectivity index is 2.17. The van der Waals surface area contributed by atoms with Gasteiger partial charge >= 0.3 is 0 Å². The molecular weight excluding hydrogens is 212 g/mol. The maximum atomic E-state index is 11.8. The van der Waals surface area contributed by atoms with Crippen molar-refractivity contribution in [1.29, 1.82) is 0 Å². The normalized spacial score (nSPS) is 28.3. The smallest absolute Gasteiger partial charge is 0.252 e. The fraction of sp³-hybridized carbons (Fsp3) is 0.200. The monoisotopic (exact) mass is 220 g/mol. The molecule has 76 valence electrons. The first kappa shape index (κ1) is 8.94. The number of carbonyl (C=O) groups excluding carboxylic acids is 2. The van der Waals surface area contributed by atoms with Crippen LogP contribution in [0.25, 0.3) is 0 Å². The maximum Gasteiger partial charge on any atom is 0.252 e. The van der Waals surface area contributed by atoms with Crippen molar-refractivity contribution in [1.82, 2.24) is 10.0 Å². The average molecular weight is 220 g/mol. The van der Waals surface area contributed by atoms with Gasteiger partial charge in [0.05, 0.1) is 6.42 Å². The molecule has 0 aliphatic carbocycles. The molecule has 0 bridgehead atoms. The van der Waals surface area contributed by atoms with Gasteiger partial charge < -0.3 is 0 Å². The molecule has 1 aromatic rings. The van der Waals surface area contributed by atoms with Crippen LogP contribution in [0.5, 0.6) is 0 Å². The van der Waals surface area contributed by atoms with E-state index in [4.69, 9.17) is 0 Å². The standard InChI is InChI=1S/C10H8N2O2S/c13-8-5-10(9(14)11-8)6-3-1-2-4-7(6)15-12-10/h1-4,12H,5H2,(H,11,13,14). The van der Waals surface area contributed by atoms with Gasteiger partial charge in [0.25, 0.3) is 5.91 Å². The van der Waals surface area contributed by atoms with E-state index in [1.807, 2.05) is 24.3 Å². The van der Waals surface area contributed by atoms with Crippen molar-refractivity contribution in [2.24, 2.45) is 0 Å². The number of imide groups is 1. The third kappa shape index (κ3) is 1.07. The van der Waals surface area contributed by atoms with Gasteiger partial charge in [-0.05, 0) is 23.6 Å². The number of fused-ring (bicyclic) bond motifs is 2. The summed E-state index contributed by atoms with van der Waals surface area (Å²) in [6.45, 7) is 0. The third-order valence-electron chi connectivity index (χ3n) is 2.75. The summed E-state index contributed by atoms with van der Waals surface area (Å²) < 4.78 is 3.06. The molecule has 2 amide bonds. The fourth-order valence-corrected chi connectivity index (χ4v) is 3.06. The molecule has 5 heteroatoms. The Bertz CT molecular complexity index is 474. The summed E-state index contributed by atoms with van der Waals surface area (Å²) in [6, 6.07) is 7.63.